The molecule has 4 nitrogen and oxygen atoms in total. The van der Waals surface area contributed by atoms with E-state index in [1.54, 1.807) is 36.0 Å². The topological polar surface area (TPSA) is 61.4 Å². The zero-order valence-corrected chi connectivity index (χ0v) is 9.59. The number of hydrogen-bond acceptors (Lipinski definition) is 4. The van der Waals surface area contributed by atoms with Crippen LogP contribution < -0.4 is 10.6 Å². The Morgan fingerprint density at radius 3 is 2.81 bits per heavy atom. The van der Waals surface area contributed by atoms with Gasteiger partial charge >= 0.3 is 0 Å². The van der Waals surface area contributed by atoms with Crippen molar-refractivity contribution in [2.24, 2.45) is 0 Å². The molecule has 0 spiro atoms. The Labute approximate surface area is 98.4 Å². The second kappa shape index (κ2) is 5.23. The number of amides is 1. The van der Waals surface area contributed by atoms with Gasteiger partial charge in [-0.2, -0.15) is 11.8 Å². The number of carbonyl (C=O) groups excluding carboxylic acids is 1. The Kier molecular flexibility index (Phi) is 3.69. The summed E-state index contributed by atoms with van der Waals surface area (Å²) < 4.78 is 0. The van der Waals surface area contributed by atoms with Crippen LogP contribution in [0, 0.1) is 0 Å². The first-order valence-electron chi connectivity index (χ1n) is 5.17. The Hall–Kier alpha value is -1.20. The van der Waals surface area contributed by atoms with Crippen LogP contribution in [0.4, 0.5) is 5.69 Å². The molecule has 1 aromatic carbocycles. The summed E-state index contributed by atoms with van der Waals surface area (Å²) in [5.41, 5.74) is 0.708. The molecule has 0 aromatic heterocycles. The molecule has 1 aliphatic rings. The third-order valence-electron chi connectivity index (χ3n) is 2.37. The van der Waals surface area contributed by atoms with Crippen molar-refractivity contribution in [1.82, 2.24) is 5.32 Å². The number of aromatic hydroxyl groups is 1. The highest BCUT2D eigenvalue weighted by atomic mass is 32.2. The number of rotatable bonds is 2. The number of carbonyl (C=O) groups is 1. The fraction of sp³-hybridized carbons (Fsp3) is 0.364. The van der Waals surface area contributed by atoms with E-state index in [0.29, 0.717) is 5.69 Å². The van der Waals surface area contributed by atoms with Gasteiger partial charge in [0.2, 0.25) is 5.91 Å². The van der Waals surface area contributed by atoms with Crippen LogP contribution in [0.3, 0.4) is 0 Å². The van der Waals surface area contributed by atoms with Crippen molar-refractivity contribution < 1.29 is 9.90 Å². The number of hydrogen-bond donors (Lipinski definition) is 3. The van der Waals surface area contributed by atoms with Gasteiger partial charge in [-0.05, 0) is 24.3 Å². The zero-order valence-electron chi connectivity index (χ0n) is 8.77. The van der Waals surface area contributed by atoms with Crippen LogP contribution in [-0.2, 0) is 4.79 Å². The van der Waals surface area contributed by atoms with E-state index < -0.39 is 0 Å². The summed E-state index contributed by atoms with van der Waals surface area (Å²) in [6, 6.07) is 6.36. The van der Waals surface area contributed by atoms with Crippen molar-refractivity contribution in [3.8, 4) is 5.75 Å². The average Bonchev–Trinajstić information content (AvgIpc) is 2.33. The van der Waals surface area contributed by atoms with Crippen LogP contribution in [-0.4, -0.2) is 35.1 Å². The van der Waals surface area contributed by atoms with E-state index in [9.17, 15) is 4.79 Å². The molecule has 1 aromatic rings. The molecule has 5 heteroatoms. The minimum absolute atomic E-state index is 0.0158. The Bertz CT molecular complexity index is 361. The van der Waals surface area contributed by atoms with Crippen molar-refractivity contribution in [3.63, 3.8) is 0 Å². The molecule has 86 valence electrons. The number of anilines is 1. The summed E-state index contributed by atoms with van der Waals surface area (Å²) in [5.74, 6) is 2.05. The molecule has 1 heterocycles. The third-order valence-corrected chi connectivity index (χ3v) is 3.43. The first kappa shape index (κ1) is 11.3. The lowest BCUT2D eigenvalue weighted by Gasteiger charge is -2.22. The van der Waals surface area contributed by atoms with Crippen molar-refractivity contribution in [1.29, 1.82) is 0 Å². The minimum atomic E-state index is -0.118. The van der Waals surface area contributed by atoms with E-state index >= 15 is 0 Å². The van der Waals surface area contributed by atoms with Crippen molar-refractivity contribution in [3.05, 3.63) is 24.3 Å². The largest absolute Gasteiger partial charge is 0.508 e. The monoisotopic (exact) mass is 238 g/mol. The highest BCUT2D eigenvalue weighted by molar-refractivity contribution is 7.99. The lowest BCUT2D eigenvalue weighted by atomic mass is 10.2. The summed E-state index contributed by atoms with van der Waals surface area (Å²) >= 11 is 1.78. The van der Waals surface area contributed by atoms with Crippen molar-refractivity contribution in [2.45, 2.75) is 6.04 Å². The molecule has 3 N–H and O–H groups in total. The van der Waals surface area contributed by atoms with Gasteiger partial charge in [0, 0.05) is 23.7 Å². The van der Waals surface area contributed by atoms with Gasteiger partial charge in [-0.1, -0.05) is 0 Å². The summed E-state index contributed by atoms with van der Waals surface area (Å²) in [6.45, 7) is 0.873. The van der Waals surface area contributed by atoms with Gasteiger partial charge in [-0.25, -0.2) is 0 Å². The number of thioether (sulfide) groups is 1. The molecule has 1 aliphatic heterocycles. The Balaban J connectivity index is 1.93. The predicted octanol–water partition coefficient (Wildman–Crippen LogP) is 1.04. The van der Waals surface area contributed by atoms with E-state index in [2.05, 4.69) is 10.6 Å². The van der Waals surface area contributed by atoms with Gasteiger partial charge in [-0.3, -0.25) is 4.79 Å². The summed E-state index contributed by atoms with van der Waals surface area (Å²) in [4.78, 5) is 11.8. The van der Waals surface area contributed by atoms with Crippen molar-refractivity contribution in [2.75, 3.05) is 23.4 Å². The average molecular weight is 238 g/mol. The normalized spacial score (nSPS) is 20.4. The number of benzene rings is 1. The van der Waals surface area contributed by atoms with Gasteiger partial charge in [0.1, 0.15) is 5.75 Å². The molecule has 0 saturated carbocycles. The first-order chi connectivity index (χ1) is 7.75. The zero-order chi connectivity index (χ0) is 11.4. The van der Waals surface area contributed by atoms with Crippen LogP contribution in [0.5, 0.6) is 5.75 Å². The molecule has 0 radical (unpaired) electrons. The molecule has 1 saturated heterocycles. The van der Waals surface area contributed by atoms with Crippen LogP contribution in [0.1, 0.15) is 0 Å². The van der Waals surface area contributed by atoms with E-state index in [1.165, 1.54) is 0 Å². The smallest absolute Gasteiger partial charge is 0.242 e. The van der Waals surface area contributed by atoms with Crippen LogP contribution >= 0.6 is 11.8 Å². The predicted molar refractivity (Wildman–Crippen MR) is 65.9 cm³/mol. The Morgan fingerprint density at radius 1 is 1.44 bits per heavy atom. The van der Waals surface area contributed by atoms with Gasteiger partial charge in [0.15, 0.2) is 0 Å². The maximum absolute atomic E-state index is 11.8. The van der Waals surface area contributed by atoms with E-state index in [1.807, 2.05) is 0 Å². The van der Waals surface area contributed by atoms with E-state index in [0.717, 1.165) is 18.1 Å². The number of phenols is 1. The SMILES string of the molecule is O=C(Nc1ccc(O)cc1)C1CSCCN1. The van der Waals surface area contributed by atoms with Crippen LogP contribution in [0.15, 0.2) is 24.3 Å². The summed E-state index contributed by atoms with van der Waals surface area (Å²) in [5, 5.41) is 15.1. The first-order valence-corrected chi connectivity index (χ1v) is 6.32. The molecule has 1 amide bonds. The van der Waals surface area contributed by atoms with Crippen LogP contribution in [0.2, 0.25) is 0 Å². The highest BCUT2D eigenvalue weighted by Crippen LogP contribution is 2.15. The molecule has 2 rings (SSSR count). The van der Waals surface area contributed by atoms with Gasteiger partial charge in [0.05, 0.1) is 6.04 Å². The molecule has 0 bridgehead atoms. The Morgan fingerprint density at radius 2 is 2.19 bits per heavy atom. The minimum Gasteiger partial charge on any atom is -0.508 e. The third kappa shape index (κ3) is 2.90. The quantitative estimate of drug-likeness (QED) is 0.674. The maximum atomic E-state index is 11.8. The lowest BCUT2D eigenvalue weighted by molar-refractivity contribution is -0.117. The molecular weight excluding hydrogens is 224 g/mol. The van der Waals surface area contributed by atoms with Gasteiger partial charge in [-0.15, -0.1) is 0 Å². The fourth-order valence-electron chi connectivity index (χ4n) is 1.51. The molecular formula is C11H14N2O2S. The summed E-state index contributed by atoms with van der Waals surface area (Å²) in [6.07, 6.45) is 0. The molecule has 1 fully saturated rings. The van der Waals surface area contributed by atoms with Crippen molar-refractivity contribution >= 4 is 23.4 Å². The van der Waals surface area contributed by atoms with Gasteiger partial charge in [0.25, 0.3) is 0 Å². The molecule has 16 heavy (non-hydrogen) atoms. The number of phenolic OH excluding ortho intramolecular Hbond substituents is 1. The standard InChI is InChI=1S/C11H14N2O2S/c14-9-3-1-8(2-4-9)13-11(15)10-7-16-6-5-12-10/h1-4,10,12,14H,5-7H2,(H,13,15). The fourth-order valence-corrected chi connectivity index (χ4v) is 2.44. The lowest BCUT2D eigenvalue weighted by Crippen LogP contribution is -2.46. The second-order valence-electron chi connectivity index (χ2n) is 3.62. The molecule has 1 unspecified atom stereocenters. The highest BCUT2D eigenvalue weighted by Gasteiger charge is 2.20. The summed E-state index contributed by atoms with van der Waals surface area (Å²) in [7, 11) is 0. The molecule has 0 aliphatic carbocycles. The molecule has 1 atom stereocenters. The van der Waals surface area contributed by atoms with E-state index in [-0.39, 0.29) is 17.7 Å². The van der Waals surface area contributed by atoms with Gasteiger partial charge < -0.3 is 15.7 Å². The number of nitrogens with one attached hydrogen (secondary N) is 2. The van der Waals surface area contributed by atoms with E-state index in [4.69, 9.17) is 5.11 Å². The maximum Gasteiger partial charge on any atom is 0.242 e. The second-order valence-corrected chi connectivity index (χ2v) is 4.77. The van der Waals surface area contributed by atoms with Crippen LogP contribution in [0.25, 0.3) is 0 Å².